The summed E-state index contributed by atoms with van der Waals surface area (Å²) < 4.78 is 23.2. The van der Waals surface area contributed by atoms with Crippen LogP contribution in [0.4, 0.5) is 4.39 Å². The number of methoxy groups -OCH3 is 1. The SMILES string of the molecule is COCOc1cc(Cl)cc(F)c1I. The predicted octanol–water partition coefficient (Wildman–Crippen LogP) is 3.07. The molecule has 0 saturated heterocycles. The van der Waals surface area contributed by atoms with Crippen LogP contribution in [0.5, 0.6) is 5.75 Å². The van der Waals surface area contributed by atoms with Gasteiger partial charge >= 0.3 is 0 Å². The molecular weight excluding hydrogens is 309 g/mol. The lowest BCUT2D eigenvalue weighted by molar-refractivity contribution is 0.0502. The molecule has 0 aliphatic heterocycles. The Morgan fingerprint density at radius 3 is 2.85 bits per heavy atom. The van der Waals surface area contributed by atoms with E-state index >= 15 is 0 Å². The third-order valence-electron chi connectivity index (χ3n) is 1.29. The van der Waals surface area contributed by atoms with Crippen LogP contribution in [0.25, 0.3) is 0 Å². The van der Waals surface area contributed by atoms with Gasteiger partial charge in [-0.05, 0) is 28.7 Å². The number of ether oxygens (including phenoxy) is 2. The molecule has 0 spiro atoms. The molecule has 1 aromatic rings. The zero-order valence-electron chi connectivity index (χ0n) is 6.81. The highest BCUT2D eigenvalue weighted by molar-refractivity contribution is 14.1. The van der Waals surface area contributed by atoms with E-state index < -0.39 is 0 Å². The fourth-order valence-corrected chi connectivity index (χ4v) is 1.42. The van der Waals surface area contributed by atoms with Gasteiger partial charge in [0.1, 0.15) is 11.6 Å². The maximum absolute atomic E-state index is 13.1. The van der Waals surface area contributed by atoms with Crippen molar-refractivity contribution in [2.75, 3.05) is 13.9 Å². The van der Waals surface area contributed by atoms with Crippen molar-refractivity contribution in [1.29, 1.82) is 0 Å². The van der Waals surface area contributed by atoms with Crippen LogP contribution in [0, 0.1) is 9.39 Å². The maximum Gasteiger partial charge on any atom is 0.188 e. The van der Waals surface area contributed by atoms with Gasteiger partial charge in [0, 0.05) is 18.2 Å². The lowest BCUT2D eigenvalue weighted by atomic mass is 10.3. The summed E-state index contributed by atoms with van der Waals surface area (Å²) in [4.78, 5) is 0. The van der Waals surface area contributed by atoms with Gasteiger partial charge in [-0.2, -0.15) is 0 Å². The van der Waals surface area contributed by atoms with Crippen molar-refractivity contribution in [3.8, 4) is 5.75 Å². The van der Waals surface area contributed by atoms with E-state index in [9.17, 15) is 4.39 Å². The van der Waals surface area contributed by atoms with Crippen LogP contribution in [-0.2, 0) is 4.74 Å². The molecule has 0 radical (unpaired) electrons. The second-order valence-electron chi connectivity index (χ2n) is 2.25. The zero-order valence-corrected chi connectivity index (χ0v) is 9.73. The van der Waals surface area contributed by atoms with Crippen molar-refractivity contribution in [3.05, 3.63) is 26.5 Å². The summed E-state index contributed by atoms with van der Waals surface area (Å²) in [5.41, 5.74) is 0. The molecule has 0 heterocycles. The summed E-state index contributed by atoms with van der Waals surface area (Å²) in [7, 11) is 1.49. The Balaban J connectivity index is 2.92. The molecule has 0 unspecified atom stereocenters. The molecule has 0 saturated carbocycles. The van der Waals surface area contributed by atoms with Crippen molar-refractivity contribution in [1.82, 2.24) is 0 Å². The number of benzene rings is 1. The van der Waals surface area contributed by atoms with E-state index in [-0.39, 0.29) is 12.6 Å². The molecule has 0 bridgehead atoms. The highest BCUT2D eigenvalue weighted by Crippen LogP contribution is 2.27. The molecule has 5 heteroatoms. The smallest absolute Gasteiger partial charge is 0.188 e. The van der Waals surface area contributed by atoms with Crippen molar-refractivity contribution in [3.63, 3.8) is 0 Å². The van der Waals surface area contributed by atoms with E-state index in [2.05, 4.69) is 4.74 Å². The lowest BCUT2D eigenvalue weighted by Crippen LogP contribution is -2.01. The molecule has 0 amide bonds. The quantitative estimate of drug-likeness (QED) is 0.485. The second kappa shape index (κ2) is 4.97. The molecule has 0 atom stereocenters. The highest BCUT2D eigenvalue weighted by atomic mass is 127. The summed E-state index contributed by atoms with van der Waals surface area (Å²) in [6.45, 7) is 0.0792. The van der Waals surface area contributed by atoms with Gasteiger partial charge in [0.2, 0.25) is 0 Å². The third kappa shape index (κ3) is 2.96. The van der Waals surface area contributed by atoms with Gasteiger partial charge in [-0.1, -0.05) is 11.6 Å². The summed E-state index contributed by atoms with van der Waals surface area (Å²) >= 11 is 7.48. The number of rotatable bonds is 3. The molecule has 1 aromatic carbocycles. The minimum atomic E-state index is -0.390. The first-order valence-corrected chi connectivity index (χ1v) is 4.87. The molecule has 0 N–H and O–H groups in total. The second-order valence-corrected chi connectivity index (χ2v) is 3.77. The monoisotopic (exact) mass is 316 g/mol. The molecule has 0 aliphatic carbocycles. The molecule has 0 aromatic heterocycles. The Morgan fingerprint density at radius 2 is 2.23 bits per heavy atom. The topological polar surface area (TPSA) is 18.5 Å². The van der Waals surface area contributed by atoms with Gasteiger partial charge in [-0.3, -0.25) is 0 Å². The fourth-order valence-electron chi connectivity index (χ4n) is 0.760. The van der Waals surface area contributed by atoms with Gasteiger partial charge in [-0.15, -0.1) is 0 Å². The van der Waals surface area contributed by atoms with Crippen LogP contribution in [-0.4, -0.2) is 13.9 Å². The first-order valence-electron chi connectivity index (χ1n) is 3.41. The molecule has 72 valence electrons. The van der Waals surface area contributed by atoms with Gasteiger partial charge in [0.25, 0.3) is 0 Å². The summed E-state index contributed by atoms with van der Waals surface area (Å²) in [6, 6.07) is 2.79. The number of hydrogen-bond acceptors (Lipinski definition) is 2. The van der Waals surface area contributed by atoms with Crippen LogP contribution in [0.1, 0.15) is 0 Å². The van der Waals surface area contributed by atoms with E-state index in [1.807, 2.05) is 22.6 Å². The molecule has 2 nitrogen and oxygen atoms in total. The molecule has 0 aliphatic rings. The van der Waals surface area contributed by atoms with Crippen LogP contribution >= 0.6 is 34.2 Å². The Morgan fingerprint density at radius 1 is 1.54 bits per heavy atom. The molecule has 0 fully saturated rings. The molecular formula is C8H7ClFIO2. The normalized spacial score (nSPS) is 10.2. The Hall–Kier alpha value is -0.0700. The predicted molar refractivity (Wildman–Crippen MR) is 56.6 cm³/mol. The summed E-state index contributed by atoms with van der Waals surface area (Å²) in [6.07, 6.45) is 0. The highest BCUT2D eigenvalue weighted by Gasteiger charge is 2.08. The van der Waals surface area contributed by atoms with Gasteiger partial charge in [-0.25, -0.2) is 4.39 Å². The summed E-state index contributed by atoms with van der Waals surface area (Å²) in [5.74, 6) is 0.00616. The van der Waals surface area contributed by atoms with Crippen molar-refractivity contribution in [2.24, 2.45) is 0 Å². The molecule has 1 rings (SSSR count). The standard InChI is InChI=1S/C8H7ClFIO2/c1-12-4-13-7-3-5(9)2-6(10)8(7)11/h2-3H,4H2,1H3. The lowest BCUT2D eigenvalue weighted by Gasteiger charge is -2.07. The minimum absolute atomic E-state index is 0.0792. The van der Waals surface area contributed by atoms with Gasteiger partial charge in [0.05, 0.1) is 3.57 Å². The van der Waals surface area contributed by atoms with Crippen LogP contribution in [0.2, 0.25) is 5.02 Å². The van der Waals surface area contributed by atoms with E-state index in [1.165, 1.54) is 13.2 Å². The largest absolute Gasteiger partial charge is 0.466 e. The van der Waals surface area contributed by atoms with Gasteiger partial charge in [0.15, 0.2) is 6.79 Å². The molecule has 13 heavy (non-hydrogen) atoms. The fraction of sp³-hybridized carbons (Fsp3) is 0.250. The first-order chi connectivity index (χ1) is 6.15. The Labute approximate surface area is 94.1 Å². The minimum Gasteiger partial charge on any atom is -0.466 e. The van der Waals surface area contributed by atoms with Crippen molar-refractivity contribution >= 4 is 34.2 Å². The third-order valence-corrected chi connectivity index (χ3v) is 2.56. The van der Waals surface area contributed by atoms with Crippen LogP contribution in [0.3, 0.4) is 0 Å². The van der Waals surface area contributed by atoms with Crippen LogP contribution < -0.4 is 4.74 Å². The number of halogens is 3. The van der Waals surface area contributed by atoms with E-state index in [1.54, 1.807) is 6.07 Å². The zero-order chi connectivity index (χ0) is 9.84. The van der Waals surface area contributed by atoms with E-state index in [0.29, 0.717) is 14.3 Å². The Bertz CT molecular complexity index is 306. The van der Waals surface area contributed by atoms with E-state index in [0.717, 1.165) is 0 Å². The Kier molecular flexibility index (Phi) is 4.21. The summed E-state index contributed by atoms with van der Waals surface area (Å²) in [5, 5.41) is 0.309. The van der Waals surface area contributed by atoms with E-state index in [4.69, 9.17) is 16.3 Å². The van der Waals surface area contributed by atoms with Gasteiger partial charge < -0.3 is 9.47 Å². The average molecular weight is 316 g/mol. The van der Waals surface area contributed by atoms with Crippen LogP contribution in [0.15, 0.2) is 12.1 Å². The van der Waals surface area contributed by atoms with Crippen molar-refractivity contribution < 1.29 is 13.9 Å². The van der Waals surface area contributed by atoms with Crippen molar-refractivity contribution in [2.45, 2.75) is 0 Å². The average Bonchev–Trinajstić information content (AvgIpc) is 2.09. The first kappa shape index (κ1) is 11.0. The number of hydrogen-bond donors (Lipinski definition) is 0. The maximum atomic E-state index is 13.1.